The Hall–Kier alpha value is -11.5. The van der Waals surface area contributed by atoms with Crippen molar-refractivity contribution in [2.24, 2.45) is 0 Å². The first-order chi connectivity index (χ1) is 43.1. The molecule has 0 N–H and O–H groups in total. The van der Waals surface area contributed by atoms with E-state index in [1.54, 1.807) is 0 Å². The largest absolute Gasteiger partial charge is 0.455 e. The van der Waals surface area contributed by atoms with Crippen molar-refractivity contribution < 1.29 is 4.42 Å². The fraction of sp³-hybridized carbons (Fsp3) is 0.0247. The molecule has 6 heteroatoms. The molecule has 4 aromatic heterocycles. The van der Waals surface area contributed by atoms with E-state index in [0.717, 1.165) is 134 Å². The van der Waals surface area contributed by atoms with Crippen molar-refractivity contribution in [2.45, 2.75) is 12.3 Å². The monoisotopic (exact) mass is 1110 g/mol. The zero-order valence-electron chi connectivity index (χ0n) is 47.3. The second-order valence-electron chi connectivity index (χ2n) is 22.6. The number of rotatable bonds is 10. The average Bonchev–Trinajstić information content (AvgIpc) is 1.63. The summed E-state index contributed by atoms with van der Waals surface area (Å²) in [5, 5.41) is 6.71. The van der Waals surface area contributed by atoms with Gasteiger partial charge in [-0.2, -0.15) is 0 Å². The van der Waals surface area contributed by atoms with Crippen molar-refractivity contribution in [1.29, 1.82) is 0 Å². The lowest BCUT2D eigenvalue weighted by Gasteiger charge is -2.21. The molecule has 1 unspecified atom stereocenters. The average molecular weight is 1110 g/mol. The minimum absolute atomic E-state index is 0.308. The van der Waals surface area contributed by atoms with Crippen LogP contribution in [-0.4, -0.2) is 24.1 Å². The molecule has 0 saturated carbocycles. The lowest BCUT2D eigenvalue weighted by molar-refractivity contribution is 0.673. The molecular formula is C81H53N5O. The first kappa shape index (κ1) is 50.1. The Labute approximate surface area is 502 Å². The minimum Gasteiger partial charge on any atom is -0.455 e. The summed E-state index contributed by atoms with van der Waals surface area (Å²) < 4.78 is 12.1. The van der Waals surface area contributed by atoms with E-state index in [2.05, 4.69) is 312 Å². The Balaban J connectivity index is 0.915. The zero-order valence-corrected chi connectivity index (χ0v) is 47.3. The first-order valence-corrected chi connectivity index (χ1v) is 29.8. The molecule has 16 aromatic rings. The molecule has 4 heterocycles. The van der Waals surface area contributed by atoms with Crippen LogP contribution in [0, 0.1) is 0 Å². The highest BCUT2D eigenvalue weighted by Crippen LogP contribution is 2.48. The number of para-hydroxylation sites is 3. The summed E-state index contributed by atoms with van der Waals surface area (Å²) in [5.41, 5.74) is 20.7. The maximum Gasteiger partial charge on any atom is 0.164 e. The van der Waals surface area contributed by atoms with Crippen molar-refractivity contribution in [1.82, 2.24) is 24.1 Å². The standard InChI is InChI=1S/C81H53N5O/c1-7-23-52(24-8-1)55-39-41-58(42-40-55)79-82-80(61-46-59(53-25-9-2-10-26-53)45-60(47-61)54-27-11-3-12-28-54)84-81(83-79)62-48-67(56-29-13-4-14-30-56)77(68(49-62)57-31-15-5-16-32-57)86-72-38-22-20-36-66(72)76-73(86)44-43-65-70-50-69-64-35-19-21-37-71(64)85(63-33-17-6-18-34-63)74(69)51-75(70)87-78(65)76/h1-23,25-52H,24H2. The third-order valence-electron chi connectivity index (χ3n) is 17.5. The van der Waals surface area contributed by atoms with Gasteiger partial charge < -0.3 is 13.6 Å². The summed E-state index contributed by atoms with van der Waals surface area (Å²) in [7, 11) is 0. The molecule has 0 bridgehead atoms. The Bertz CT molecular complexity index is 5270. The molecule has 6 nitrogen and oxygen atoms in total. The SMILES string of the molecule is C1=CCC(c2ccc(-c3nc(-c4cc(-c5ccccc5)cc(-c5ccccc5)c4)nc(-c4cc(-c5ccccc5)c(-n5c6ccccc6c6c7oc8cc9c(cc8c7ccc65)c5ccccc5n9-c5ccccc5)c(-c5ccccc5)c4)n3)cc2)C=C1. The zero-order chi connectivity index (χ0) is 57.4. The highest BCUT2D eigenvalue weighted by molar-refractivity contribution is 6.26. The molecule has 87 heavy (non-hydrogen) atoms. The molecule has 0 spiro atoms. The molecule has 1 atom stereocenters. The second-order valence-corrected chi connectivity index (χ2v) is 22.6. The lowest BCUT2D eigenvalue weighted by Crippen LogP contribution is -2.04. The fourth-order valence-corrected chi connectivity index (χ4v) is 13.3. The third-order valence-corrected chi connectivity index (χ3v) is 17.5. The quantitative estimate of drug-likeness (QED) is 0.137. The van der Waals surface area contributed by atoms with E-state index in [4.69, 9.17) is 19.4 Å². The summed E-state index contributed by atoms with van der Waals surface area (Å²) >= 11 is 0. The molecule has 0 aliphatic heterocycles. The van der Waals surface area contributed by atoms with Gasteiger partial charge in [-0.25, -0.2) is 15.0 Å². The molecule has 408 valence electrons. The number of benzene rings is 12. The Morgan fingerprint density at radius 2 is 0.851 bits per heavy atom. The summed E-state index contributed by atoms with van der Waals surface area (Å²) in [6.07, 6.45) is 9.74. The van der Waals surface area contributed by atoms with Crippen LogP contribution in [0.3, 0.4) is 0 Å². The van der Waals surface area contributed by atoms with Crippen LogP contribution < -0.4 is 0 Å². The maximum absolute atomic E-state index is 7.27. The number of allylic oxidation sites excluding steroid dienone is 4. The number of aromatic nitrogens is 5. The summed E-state index contributed by atoms with van der Waals surface area (Å²) in [6.45, 7) is 0. The predicted octanol–water partition coefficient (Wildman–Crippen LogP) is 21.2. The number of fused-ring (bicyclic) bond motifs is 10. The van der Waals surface area contributed by atoms with Gasteiger partial charge in [-0.1, -0.05) is 224 Å². The molecule has 12 aromatic carbocycles. The van der Waals surface area contributed by atoms with Gasteiger partial charge in [0.05, 0.1) is 33.1 Å². The van der Waals surface area contributed by atoms with Gasteiger partial charge >= 0.3 is 0 Å². The highest BCUT2D eigenvalue weighted by Gasteiger charge is 2.26. The number of nitrogens with zero attached hydrogens (tertiary/aromatic N) is 5. The van der Waals surface area contributed by atoms with Gasteiger partial charge in [-0.3, -0.25) is 0 Å². The normalized spacial score (nSPS) is 13.3. The van der Waals surface area contributed by atoms with Gasteiger partial charge in [-0.15, -0.1) is 0 Å². The maximum atomic E-state index is 7.27. The van der Waals surface area contributed by atoms with Crippen LogP contribution >= 0.6 is 0 Å². The van der Waals surface area contributed by atoms with Gasteiger partial charge in [0, 0.05) is 72.4 Å². The lowest BCUT2D eigenvalue weighted by atomic mass is 9.92. The van der Waals surface area contributed by atoms with Crippen LogP contribution in [0.4, 0.5) is 0 Å². The number of hydrogen-bond donors (Lipinski definition) is 0. The van der Waals surface area contributed by atoms with Gasteiger partial charge in [-0.05, 0) is 118 Å². The van der Waals surface area contributed by atoms with Gasteiger partial charge in [0.2, 0.25) is 0 Å². The molecule has 0 amide bonds. The molecule has 1 aliphatic rings. The number of hydrogen-bond acceptors (Lipinski definition) is 4. The molecule has 0 saturated heterocycles. The molecule has 0 radical (unpaired) electrons. The summed E-state index contributed by atoms with van der Waals surface area (Å²) in [4.78, 5) is 16.5. The molecular weight excluding hydrogens is 1060 g/mol. The van der Waals surface area contributed by atoms with Crippen LogP contribution in [0.1, 0.15) is 17.9 Å². The van der Waals surface area contributed by atoms with E-state index in [9.17, 15) is 0 Å². The van der Waals surface area contributed by atoms with Crippen LogP contribution in [0.5, 0.6) is 0 Å². The van der Waals surface area contributed by atoms with Crippen molar-refractivity contribution in [3.63, 3.8) is 0 Å². The van der Waals surface area contributed by atoms with Crippen molar-refractivity contribution in [2.75, 3.05) is 0 Å². The Morgan fingerprint density at radius 3 is 1.45 bits per heavy atom. The topological polar surface area (TPSA) is 61.7 Å². The summed E-state index contributed by atoms with van der Waals surface area (Å²) in [6, 6.07) is 99.9. The Kier molecular flexibility index (Phi) is 11.9. The molecule has 0 fully saturated rings. The van der Waals surface area contributed by atoms with Crippen LogP contribution in [0.25, 0.3) is 156 Å². The van der Waals surface area contributed by atoms with E-state index < -0.39 is 0 Å². The van der Waals surface area contributed by atoms with E-state index >= 15 is 0 Å². The highest BCUT2D eigenvalue weighted by atomic mass is 16.3. The Morgan fingerprint density at radius 1 is 0.333 bits per heavy atom. The van der Waals surface area contributed by atoms with Gasteiger partial charge in [0.1, 0.15) is 11.2 Å². The fourth-order valence-electron chi connectivity index (χ4n) is 13.3. The van der Waals surface area contributed by atoms with E-state index in [1.165, 1.54) is 16.3 Å². The van der Waals surface area contributed by atoms with Crippen molar-refractivity contribution in [3.05, 3.63) is 309 Å². The third kappa shape index (κ3) is 8.60. The molecule has 1 aliphatic carbocycles. The van der Waals surface area contributed by atoms with Crippen LogP contribution in [-0.2, 0) is 0 Å². The van der Waals surface area contributed by atoms with Crippen LogP contribution in [0.2, 0.25) is 0 Å². The number of furan rings is 1. The van der Waals surface area contributed by atoms with Gasteiger partial charge in [0.25, 0.3) is 0 Å². The van der Waals surface area contributed by atoms with E-state index in [0.29, 0.717) is 23.4 Å². The smallest absolute Gasteiger partial charge is 0.164 e. The van der Waals surface area contributed by atoms with Gasteiger partial charge in [0.15, 0.2) is 17.5 Å². The first-order valence-electron chi connectivity index (χ1n) is 29.8. The molecule has 17 rings (SSSR count). The summed E-state index contributed by atoms with van der Waals surface area (Å²) in [5.74, 6) is 2.05. The van der Waals surface area contributed by atoms with E-state index in [1.807, 2.05) is 0 Å². The second kappa shape index (κ2) is 20.7. The predicted molar refractivity (Wildman–Crippen MR) is 359 cm³/mol. The van der Waals surface area contributed by atoms with Crippen molar-refractivity contribution >= 4 is 65.6 Å². The minimum atomic E-state index is 0.308. The van der Waals surface area contributed by atoms with Crippen LogP contribution in [0.15, 0.2) is 308 Å². The van der Waals surface area contributed by atoms with E-state index in [-0.39, 0.29) is 0 Å². The van der Waals surface area contributed by atoms with Crippen molar-refractivity contribution in [3.8, 4) is 90.0 Å².